The van der Waals surface area contributed by atoms with Crippen molar-refractivity contribution in [1.29, 1.82) is 0 Å². The Kier molecular flexibility index (Phi) is 8.53. The van der Waals surface area contributed by atoms with Gasteiger partial charge in [-0.05, 0) is 18.3 Å². The van der Waals surface area contributed by atoms with Crippen LogP contribution >= 0.6 is 0 Å². The maximum absolute atomic E-state index is 8.87. The lowest BCUT2D eigenvalue weighted by molar-refractivity contribution is 0.242. The van der Waals surface area contributed by atoms with Crippen LogP contribution in [0.2, 0.25) is 0 Å². The van der Waals surface area contributed by atoms with Gasteiger partial charge in [0.25, 0.3) is 0 Å². The Balaban J connectivity index is 3.44. The van der Waals surface area contributed by atoms with Crippen LogP contribution in [0.15, 0.2) is 0 Å². The maximum Gasteiger partial charge on any atom is 0.0433 e. The van der Waals surface area contributed by atoms with Gasteiger partial charge in [-0.3, -0.25) is 0 Å². The fraction of sp³-hybridized carbons (Fsp3) is 1.00. The van der Waals surface area contributed by atoms with Gasteiger partial charge in [-0.2, -0.15) is 0 Å². The largest absolute Gasteiger partial charge is 0.396 e. The zero-order valence-corrected chi connectivity index (χ0v) is 9.55. The van der Waals surface area contributed by atoms with Crippen molar-refractivity contribution >= 4 is 0 Å². The van der Waals surface area contributed by atoms with Crippen molar-refractivity contribution in [2.75, 3.05) is 6.61 Å². The van der Waals surface area contributed by atoms with Gasteiger partial charge in [0, 0.05) is 6.61 Å². The molecule has 1 nitrogen and oxygen atoms in total. The lowest BCUT2D eigenvalue weighted by Crippen LogP contribution is -2.03. The van der Waals surface area contributed by atoms with Crippen LogP contribution in [0.25, 0.3) is 0 Å². The normalized spacial score (nSPS) is 13.6. The van der Waals surface area contributed by atoms with Crippen LogP contribution in [0.3, 0.4) is 0 Å². The second-order valence-corrected chi connectivity index (χ2v) is 4.49. The van der Waals surface area contributed by atoms with Crippen molar-refractivity contribution in [2.24, 2.45) is 11.8 Å². The molecule has 0 radical (unpaired) electrons. The number of aliphatic hydroxyl groups is 1. The Morgan fingerprint density at radius 3 is 2.15 bits per heavy atom. The number of rotatable bonds is 8. The van der Waals surface area contributed by atoms with Crippen molar-refractivity contribution in [3.63, 3.8) is 0 Å². The Hall–Kier alpha value is -0.0400. The van der Waals surface area contributed by atoms with Crippen LogP contribution in [0.1, 0.15) is 59.3 Å². The van der Waals surface area contributed by atoms with Gasteiger partial charge in [0.05, 0.1) is 0 Å². The zero-order chi connectivity index (χ0) is 10.1. The molecular weight excluding hydrogens is 160 g/mol. The molecule has 1 heteroatoms. The van der Waals surface area contributed by atoms with E-state index in [0.717, 1.165) is 18.3 Å². The van der Waals surface area contributed by atoms with Gasteiger partial charge >= 0.3 is 0 Å². The van der Waals surface area contributed by atoms with Gasteiger partial charge in [-0.1, -0.05) is 52.9 Å². The molecule has 0 unspecified atom stereocenters. The molecule has 0 aromatic carbocycles. The molecule has 0 aromatic heterocycles. The average Bonchev–Trinajstić information content (AvgIpc) is 2.04. The minimum atomic E-state index is 0.367. The third kappa shape index (κ3) is 8.29. The molecule has 0 bridgehead atoms. The minimum Gasteiger partial charge on any atom is -0.396 e. The van der Waals surface area contributed by atoms with Gasteiger partial charge < -0.3 is 5.11 Å². The van der Waals surface area contributed by atoms with E-state index in [1.165, 1.54) is 32.1 Å². The minimum absolute atomic E-state index is 0.367. The molecule has 0 heterocycles. The molecular formula is C12H26O. The standard InChI is InChI=1S/C12H26O/c1-4-6-12(9-10-13)8-5-7-11(2)3/h11-13H,4-10H2,1-3H3/t12-/m0/s1. The topological polar surface area (TPSA) is 20.2 Å². The number of hydrogen-bond acceptors (Lipinski definition) is 1. The monoisotopic (exact) mass is 186 g/mol. The summed E-state index contributed by atoms with van der Waals surface area (Å²) in [5.41, 5.74) is 0. The van der Waals surface area contributed by atoms with Crippen LogP contribution in [-0.2, 0) is 0 Å². The molecule has 0 aliphatic rings. The molecule has 0 aromatic rings. The third-order valence-corrected chi connectivity index (χ3v) is 2.63. The average molecular weight is 186 g/mol. The summed E-state index contributed by atoms with van der Waals surface area (Å²) in [6.45, 7) is 7.15. The Morgan fingerprint density at radius 2 is 1.69 bits per heavy atom. The van der Waals surface area contributed by atoms with E-state index in [-0.39, 0.29) is 0 Å². The molecule has 13 heavy (non-hydrogen) atoms. The first kappa shape index (κ1) is 13.0. The molecule has 80 valence electrons. The Bertz CT molecular complexity index is 93.3. The smallest absolute Gasteiger partial charge is 0.0433 e. The molecule has 0 amide bonds. The van der Waals surface area contributed by atoms with E-state index >= 15 is 0 Å². The predicted octanol–water partition coefficient (Wildman–Crippen LogP) is 3.61. The third-order valence-electron chi connectivity index (χ3n) is 2.63. The van der Waals surface area contributed by atoms with Gasteiger partial charge in [-0.15, -0.1) is 0 Å². The number of aliphatic hydroxyl groups excluding tert-OH is 1. The van der Waals surface area contributed by atoms with Crippen LogP contribution < -0.4 is 0 Å². The molecule has 1 N–H and O–H groups in total. The van der Waals surface area contributed by atoms with Gasteiger partial charge in [0.15, 0.2) is 0 Å². The lowest BCUT2D eigenvalue weighted by Gasteiger charge is -2.15. The van der Waals surface area contributed by atoms with E-state index in [4.69, 9.17) is 5.11 Å². The summed E-state index contributed by atoms with van der Waals surface area (Å²) in [5, 5.41) is 8.87. The molecule has 0 rings (SSSR count). The van der Waals surface area contributed by atoms with E-state index in [1.807, 2.05) is 0 Å². The molecule has 0 spiro atoms. The first-order chi connectivity index (χ1) is 6.20. The molecule has 0 aliphatic heterocycles. The zero-order valence-electron chi connectivity index (χ0n) is 9.55. The molecule has 0 saturated heterocycles. The first-order valence-corrected chi connectivity index (χ1v) is 5.81. The first-order valence-electron chi connectivity index (χ1n) is 5.81. The summed E-state index contributed by atoms with van der Waals surface area (Å²) >= 11 is 0. The van der Waals surface area contributed by atoms with E-state index < -0.39 is 0 Å². The second-order valence-electron chi connectivity index (χ2n) is 4.49. The van der Waals surface area contributed by atoms with Crippen LogP contribution in [0.4, 0.5) is 0 Å². The Morgan fingerprint density at radius 1 is 1.00 bits per heavy atom. The second kappa shape index (κ2) is 8.55. The SMILES string of the molecule is CCC[C@H](CCO)CCCC(C)C. The summed E-state index contributed by atoms with van der Waals surface area (Å²) in [5.74, 6) is 1.60. The van der Waals surface area contributed by atoms with E-state index in [0.29, 0.717) is 6.61 Å². The van der Waals surface area contributed by atoms with Crippen molar-refractivity contribution in [3.8, 4) is 0 Å². The van der Waals surface area contributed by atoms with Crippen LogP contribution in [0, 0.1) is 11.8 Å². The van der Waals surface area contributed by atoms with Crippen LogP contribution in [-0.4, -0.2) is 11.7 Å². The van der Waals surface area contributed by atoms with Gasteiger partial charge in [-0.25, -0.2) is 0 Å². The molecule has 0 saturated carbocycles. The summed E-state index contributed by atoms with van der Waals surface area (Å²) in [6, 6.07) is 0. The van der Waals surface area contributed by atoms with E-state index in [9.17, 15) is 0 Å². The van der Waals surface area contributed by atoms with Crippen LogP contribution in [0.5, 0.6) is 0 Å². The Labute approximate surface area is 83.5 Å². The fourth-order valence-corrected chi connectivity index (χ4v) is 1.84. The van der Waals surface area contributed by atoms with Crippen molar-refractivity contribution in [2.45, 2.75) is 59.3 Å². The number of hydrogen-bond donors (Lipinski definition) is 1. The molecule has 0 fully saturated rings. The van der Waals surface area contributed by atoms with Gasteiger partial charge in [0.1, 0.15) is 0 Å². The van der Waals surface area contributed by atoms with Gasteiger partial charge in [0.2, 0.25) is 0 Å². The summed E-state index contributed by atoms with van der Waals surface area (Å²) in [6.07, 6.45) is 7.54. The summed E-state index contributed by atoms with van der Waals surface area (Å²) in [4.78, 5) is 0. The van der Waals surface area contributed by atoms with E-state index in [1.54, 1.807) is 0 Å². The van der Waals surface area contributed by atoms with Crippen molar-refractivity contribution in [1.82, 2.24) is 0 Å². The lowest BCUT2D eigenvalue weighted by atomic mass is 9.92. The summed E-state index contributed by atoms with van der Waals surface area (Å²) in [7, 11) is 0. The quantitative estimate of drug-likeness (QED) is 0.614. The highest BCUT2D eigenvalue weighted by molar-refractivity contribution is 4.59. The fourth-order valence-electron chi connectivity index (χ4n) is 1.84. The van der Waals surface area contributed by atoms with E-state index in [2.05, 4.69) is 20.8 Å². The highest BCUT2D eigenvalue weighted by Crippen LogP contribution is 2.19. The highest BCUT2D eigenvalue weighted by Gasteiger charge is 2.06. The van der Waals surface area contributed by atoms with Crippen molar-refractivity contribution < 1.29 is 5.11 Å². The molecule has 0 aliphatic carbocycles. The highest BCUT2D eigenvalue weighted by atomic mass is 16.3. The predicted molar refractivity (Wildman–Crippen MR) is 58.8 cm³/mol. The molecule has 1 atom stereocenters. The maximum atomic E-state index is 8.87. The summed E-state index contributed by atoms with van der Waals surface area (Å²) < 4.78 is 0. The van der Waals surface area contributed by atoms with Crippen molar-refractivity contribution in [3.05, 3.63) is 0 Å².